The number of rotatable bonds is 4. The minimum absolute atomic E-state index is 0.0658. The van der Waals surface area contributed by atoms with Crippen molar-refractivity contribution >= 4 is 84.6 Å². The highest BCUT2D eigenvalue weighted by Crippen LogP contribution is 2.47. The first-order chi connectivity index (χ1) is 31.0. The molecule has 4 aliphatic rings. The van der Waals surface area contributed by atoms with Gasteiger partial charge in [-0.3, -0.25) is 0 Å². The van der Waals surface area contributed by atoms with Crippen LogP contribution < -0.4 is 37.1 Å². The van der Waals surface area contributed by atoms with Crippen LogP contribution in [0.4, 0.5) is 0 Å². The first-order valence-electron chi connectivity index (χ1n) is 23.3. The lowest BCUT2D eigenvalue weighted by Gasteiger charge is -2.43. The zero-order valence-electron chi connectivity index (χ0n) is 37.5. The maximum absolute atomic E-state index is 2.91. The van der Waals surface area contributed by atoms with Crippen LogP contribution in [0.2, 0.25) is 0 Å². The van der Waals surface area contributed by atoms with E-state index in [2.05, 4.69) is 214 Å². The van der Waals surface area contributed by atoms with Gasteiger partial charge < -0.3 is 9.13 Å². The lowest BCUT2D eigenvalue weighted by Crippen LogP contribution is -2.77. The molecule has 0 aliphatic carbocycles. The van der Waals surface area contributed by atoms with E-state index in [9.17, 15) is 0 Å². The van der Waals surface area contributed by atoms with Crippen molar-refractivity contribution in [2.45, 2.75) is 54.4 Å². The van der Waals surface area contributed by atoms with Crippen molar-refractivity contribution < 1.29 is 0 Å². The number of hydrogen-bond acceptors (Lipinski definition) is 0. The fourth-order valence-corrected chi connectivity index (χ4v) is 18.9. The van der Waals surface area contributed by atoms with E-state index in [-0.39, 0.29) is 17.5 Å². The largest absolute Gasteiger partial charge is 0.310 e. The second-order valence-electron chi connectivity index (χ2n) is 21.6. The van der Waals surface area contributed by atoms with E-state index < -0.39 is 8.07 Å². The van der Waals surface area contributed by atoms with Gasteiger partial charge in [0.15, 0.2) is 8.07 Å². The van der Waals surface area contributed by atoms with E-state index in [0.29, 0.717) is 0 Å². The number of para-hydroxylation sites is 1. The van der Waals surface area contributed by atoms with Crippen molar-refractivity contribution in [2.24, 2.45) is 10.8 Å². The number of fused-ring (bicyclic) bond motifs is 11. The molecule has 0 bridgehead atoms. The Morgan fingerprint density at radius 2 is 1.03 bits per heavy atom. The molecule has 4 heteroatoms. The minimum Gasteiger partial charge on any atom is -0.310 e. The Morgan fingerprint density at radius 1 is 0.453 bits per heavy atom. The van der Waals surface area contributed by atoms with Crippen LogP contribution in [0.25, 0.3) is 77.6 Å². The van der Waals surface area contributed by atoms with Gasteiger partial charge in [0.2, 0.25) is 0 Å². The smallest absolute Gasteiger partial charge is 0.252 e. The Labute approximate surface area is 376 Å². The quantitative estimate of drug-likeness (QED) is 0.156. The summed E-state index contributed by atoms with van der Waals surface area (Å²) < 4.78 is 5.49. The SMILES string of the molecule is CC(C)(C)Cc1cc2c3c(c1)c1cc(CC(C)(C)C)cc4c1n3-c1c(ccc3c1B2c1cccc2c(-c5ccccc5)c(-c5ccccc5)n-3c12)[Si]41c2ccccc2-c2ccccc21. The average molecular weight is 837 g/mol. The van der Waals surface area contributed by atoms with Crippen LogP contribution in [-0.4, -0.2) is 23.9 Å². The predicted molar refractivity (Wildman–Crippen MR) is 276 cm³/mol. The first-order valence-corrected chi connectivity index (χ1v) is 25.3. The minimum atomic E-state index is -2.91. The summed E-state index contributed by atoms with van der Waals surface area (Å²) in [6.45, 7) is 14.5. The summed E-state index contributed by atoms with van der Waals surface area (Å²) in [7, 11) is -2.91. The molecule has 6 heterocycles. The molecular formula is C60H49BN2Si. The van der Waals surface area contributed by atoms with Crippen LogP contribution >= 0.6 is 0 Å². The van der Waals surface area contributed by atoms with Gasteiger partial charge >= 0.3 is 0 Å². The van der Waals surface area contributed by atoms with Crippen LogP contribution in [-0.2, 0) is 12.8 Å². The van der Waals surface area contributed by atoms with Crippen LogP contribution in [0.1, 0.15) is 52.7 Å². The molecule has 0 saturated carbocycles. The Hall–Kier alpha value is -6.62. The van der Waals surface area contributed by atoms with Gasteiger partial charge in [-0.05, 0) is 112 Å². The molecule has 1 spiro atoms. The molecule has 0 fully saturated rings. The van der Waals surface area contributed by atoms with E-state index >= 15 is 0 Å². The third kappa shape index (κ3) is 4.62. The molecule has 0 N–H and O–H groups in total. The van der Waals surface area contributed by atoms with E-state index in [0.717, 1.165) is 12.8 Å². The average Bonchev–Trinajstić information content (AvgIpc) is 3.91. The van der Waals surface area contributed by atoms with Crippen LogP contribution in [0.3, 0.4) is 0 Å². The van der Waals surface area contributed by atoms with Gasteiger partial charge in [0, 0.05) is 44.1 Å². The van der Waals surface area contributed by atoms with Gasteiger partial charge in [-0.2, -0.15) is 0 Å². The molecule has 10 aromatic rings. The van der Waals surface area contributed by atoms with Gasteiger partial charge in [-0.25, -0.2) is 0 Å². The summed E-state index contributed by atoms with van der Waals surface area (Å²) >= 11 is 0. The van der Waals surface area contributed by atoms with Gasteiger partial charge in [0.05, 0.1) is 11.2 Å². The highest BCUT2D eigenvalue weighted by molar-refractivity contribution is 7.24. The standard InChI is InChI=1S/C60H49BN2Si/c1-59(2,3)34-36-30-43-44-31-37(35-60(4,5)6)33-51-57(44)63-56(43)46(32-36)61-45-25-17-24-42-52(38-18-9-7-10-19-38)54(39-20-11-8-12-21-39)62(55(42)45)47-28-29-50(58(63)53(47)61)64(51)48-26-15-13-22-40(48)41-23-14-16-27-49(41)64/h7-33H,34-35H2,1-6H3. The maximum atomic E-state index is 2.80. The zero-order valence-corrected chi connectivity index (χ0v) is 38.5. The van der Waals surface area contributed by atoms with Gasteiger partial charge in [0.1, 0.15) is 0 Å². The molecule has 0 amide bonds. The third-order valence-corrected chi connectivity index (χ3v) is 19.9. The molecule has 4 aliphatic heterocycles. The predicted octanol–water partition coefficient (Wildman–Crippen LogP) is 10.1. The molecular weight excluding hydrogens is 788 g/mol. The topological polar surface area (TPSA) is 9.86 Å². The first kappa shape index (κ1) is 36.8. The van der Waals surface area contributed by atoms with Crippen molar-refractivity contribution in [3.63, 3.8) is 0 Å². The molecule has 0 unspecified atom stereocenters. The van der Waals surface area contributed by atoms with Crippen LogP contribution in [0, 0.1) is 10.8 Å². The summed E-state index contributed by atoms with van der Waals surface area (Å²) in [6.07, 6.45) is 2.04. The van der Waals surface area contributed by atoms with E-state index in [1.54, 1.807) is 5.19 Å². The molecule has 14 rings (SSSR count). The van der Waals surface area contributed by atoms with Crippen molar-refractivity contribution in [1.82, 2.24) is 9.13 Å². The normalized spacial score (nSPS) is 14.6. The Morgan fingerprint density at radius 3 is 1.69 bits per heavy atom. The van der Waals surface area contributed by atoms with Gasteiger partial charge in [-0.15, -0.1) is 0 Å². The van der Waals surface area contributed by atoms with Crippen LogP contribution in [0.15, 0.2) is 164 Å². The number of hydrogen-bond donors (Lipinski definition) is 0. The number of aromatic nitrogens is 2. The molecule has 0 radical (unpaired) electrons. The molecule has 64 heavy (non-hydrogen) atoms. The summed E-state index contributed by atoms with van der Waals surface area (Å²) in [5.74, 6) is 0. The lowest BCUT2D eigenvalue weighted by molar-refractivity contribution is 0.411. The fraction of sp³-hybridized carbons (Fsp3) is 0.167. The number of benzene rings is 8. The molecule has 0 atom stereocenters. The highest BCUT2D eigenvalue weighted by Gasteiger charge is 2.56. The Kier molecular flexibility index (Phi) is 7.10. The van der Waals surface area contributed by atoms with E-state index in [4.69, 9.17) is 0 Å². The Balaban J connectivity index is 1.23. The molecule has 0 saturated heterocycles. The van der Waals surface area contributed by atoms with Crippen molar-refractivity contribution in [2.75, 3.05) is 0 Å². The molecule has 2 aromatic heterocycles. The summed E-state index contributed by atoms with van der Waals surface area (Å²) in [4.78, 5) is 0. The third-order valence-electron chi connectivity index (χ3n) is 15.0. The summed E-state index contributed by atoms with van der Waals surface area (Å²) in [6, 6.07) is 64.2. The number of nitrogens with zero attached hydrogens (tertiary/aromatic N) is 2. The summed E-state index contributed by atoms with van der Waals surface area (Å²) in [5.41, 5.74) is 22.3. The highest BCUT2D eigenvalue weighted by atomic mass is 28.3. The maximum Gasteiger partial charge on any atom is 0.252 e. The van der Waals surface area contributed by atoms with Crippen molar-refractivity contribution in [3.05, 3.63) is 175 Å². The van der Waals surface area contributed by atoms with Crippen molar-refractivity contribution in [3.8, 4) is 44.9 Å². The zero-order chi connectivity index (χ0) is 43.0. The van der Waals surface area contributed by atoms with Crippen molar-refractivity contribution in [1.29, 1.82) is 0 Å². The molecule has 8 aromatic carbocycles. The van der Waals surface area contributed by atoms with Gasteiger partial charge in [0.25, 0.3) is 6.71 Å². The molecule has 306 valence electrons. The summed E-state index contributed by atoms with van der Waals surface area (Å²) in [5, 5.41) is 10.3. The Bertz CT molecular complexity index is 3640. The van der Waals surface area contributed by atoms with E-state index in [1.165, 1.54) is 121 Å². The molecule has 2 nitrogen and oxygen atoms in total. The second-order valence-corrected chi connectivity index (χ2v) is 25.3. The second kappa shape index (κ2) is 12.3. The van der Waals surface area contributed by atoms with Gasteiger partial charge in [-0.1, -0.05) is 187 Å². The van der Waals surface area contributed by atoms with E-state index in [1.807, 2.05) is 0 Å². The fourth-order valence-electron chi connectivity index (χ4n) is 13.2. The lowest BCUT2D eigenvalue weighted by atomic mass is 9.34. The monoisotopic (exact) mass is 836 g/mol. The van der Waals surface area contributed by atoms with Crippen LogP contribution in [0.5, 0.6) is 0 Å².